The highest BCUT2D eigenvalue weighted by Crippen LogP contribution is 2.21. The number of carbonyl (C=O) groups is 2. The number of aryl methyl sites for hydroxylation is 1. The molecule has 0 unspecified atom stereocenters. The van der Waals surface area contributed by atoms with Crippen LogP contribution >= 0.6 is 0 Å². The minimum Gasteiger partial charge on any atom is -0.463 e. The van der Waals surface area contributed by atoms with E-state index in [1.165, 1.54) is 0 Å². The minimum atomic E-state index is -0.814. The van der Waals surface area contributed by atoms with E-state index >= 15 is 0 Å². The molecule has 1 aliphatic heterocycles. The standard InChI is InChI=1S/C16H16N2O4/c1-10-14(16(20)22-13-8-9-21-15(13)19)11(2)18(17-10)12-6-4-3-5-7-12/h3-7,13H,8-9H2,1-2H3/t13-/m0/s1. The summed E-state index contributed by atoms with van der Waals surface area (Å²) >= 11 is 0. The lowest BCUT2D eigenvalue weighted by Crippen LogP contribution is -2.23. The summed E-state index contributed by atoms with van der Waals surface area (Å²) in [6.45, 7) is 3.84. The molecule has 6 heteroatoms. The molecule has 2 aromatic rings. The van der Waals surface area contributed by atoms with Crippen LogP contribution in [0.3, 0.4) is 0 Å². The highest BCUT2D eigenvalue weighted by Gasteiger charge is 2.32. The molecule has 6 nitrogen and oxygen atoms in total. The SMILES string of the molecule is Cc1nn(-c2ccccc2)c(C)c1C(=O)O[C@H]1CCOC1=O. The maximum Gasteiger partial charge on any atom is 0.347 e. The van der Waals surface area contributed by atoms with Crippen LogP contribution in [0.15, 0.2) is 30.3 Å². The van der Waals surface area contributed by atoms with E-state index in [9.17, 15) is 9.59 Å². The third-order valence-corrected chi connectivity index (χ3v) is 3.63. The first kappa shape index (κ1) is 14.3. The second-order valence-corrected chi connectivity index (χ2v) is 5.14. The Balaban J connectivity index is 1.89. The molecule has 1 aromatic heterocycles. The highest BCUT2D eigenvalue weighted by molar-refractivity contribution is 5.94. The summed E-state index contributed by atoms with van der Waals surface area (Å²) < 4.78 is 11.7. The average Bonchev–Trinajstić information content (AvgIpc) is 3.03. The van der Waals surface area contributed by atoms with Crippen molar-refractivity contribution in [2.45, 2.75) is 26.4 Å². The zero-order chi connectivity index (χ0) is 15.7. The van der Waals surface area contributed by atoms with Gasteiger partial charge in [-0.15, -0.1) is 0 Å². The molecule has 22 heavy (non-hydrogen) atoms. The fourth-order valence-electron chi connectivity index (χ4n) is 2.53. The molecule has 0 radical (unpaired) electrons. The molecule has 0 bridgehead atoms. The van der Waals surface area contributed by atoms with Gasteiger partial charge in [0.1, 0.15) is 5.56 Å². The Labute approximate surface area is 127 Å². The van der Waals surface area contributed by atoms with Crippen molar-refractivity contribution in [1.82, 2.24) is 9.78 Å². The van der Waals surface area contributed by atoms with Crippen molar-refractivity contribution in [2.24, 2.45) is 0 Å². The van der Waals surface area contributed by atoms with Gasteiger partial charge in [0.2, 0.25) is 6.10 Å². The first-order valence-electron chi connectivity index (χ1n) is 7.07. The normalized spacial score (nSPS) is 17.4. The first-order chi connectivity index (χ1) is 10.6. The number of aromatic nitrogens is 2. The van der Waals surface area contributed by atoms with Crippen LogP contribution in [0, 0.1) is 13.8 Å². The van der Waals surface area contributed by atoms with Crippen LogP contribution in [0.2, 0.25) is 0 Å². The molecular formula is C16H16N2O4. The molecular weight excluding hydrogens is 284 g/mol. The quantitative estimate of drug-likeness (QED) is 0.810. The van der Waals surface area contributed by atoms with Crippen LogP contribution in [-0.2, 0) is 14.3 Å². The van der Waals surface area contributed by atoms with Crippen LogP contribution in [0.1, 0.15) is 28.2 Å². The lowest BCUT2D eigenvalue weighted by Gasteiger charge is -2.09. The fourth-order valence-corrected chi connectivity index (χ4v) is 2.53. The van der Waals surface area contributed by atoms with Crippen LogP contribution in [-0.4, -0.2) is 34.4 Å². The molecule has 1 saturated heterocycles. The molecule has 1 fully saturated rings. The Bertz CT molecular complexity index is 721. The van der Waals surface area contributed by atoms with Crippen LogP contribution < -0.4 is 0 Å². The third-order valence-electron chi connectivity index (χ3n) is 3.63. The van der Waals surface area contributed by atoms with E-state index < -0.39 is 18.0 Å². The molecule has 1 aliphatic rings. The van der Waals surface area contributed by atoms with E-state index in [4.69, 9.17) is 9.47 Å². The molecule has 2 heterocycles. The lowest BCUT2D eigenvalue weighted by atomic mass is 10.2. The van der Waals surface area contributed by atoms with Gasteiger partial charge in [-0.3, -0.25) is 0 Å². The maximum atomic E-state index is 12.3. The molecule has 3 rings (SSSR count). The monoisotopic (exact) mass is 300 g/mol. The van der Waals surface area contributed by atoms with Gasteiger partial charge in [-0.05, 0) is 26.0 Å². The van der Waals surface area contributed by atoms with Crippen molar-refractivity contribution in [1.29, 1.82) is 0 Å². The number of hydrogen-bond acceptors (Lipinski definition) is 5. The number of para-hydroxylation sites is 1. The van der Waals surface area contributed by atoms with E-state index in [1.807, 2.05) is 30.3 Å². The fraction of sp³-hybridized carbons (Fsp3) is 0.312. The molecule has 114 valence electrons. The predicted molar refractivity (Wildman–Crippen MR) is 77.8 cm³/mol. The molecule has 0 spiro atoms. The van der Waals surface area contributed by atoms with E-state index in [2.05, 4.69) is 5.10 Å². The summed E-state index contributed by atoms with van der Waals surface area (Å²) in [6.07, 6.45) is -0.415. The zero-order valence-corrected chi connectivity index (χ0v) is 12.4. The summed E-state index contributed by atoms with van der Waals surface area (Å²) in [4.78, 5) is 23.8. The van der Waals surface area contributed by atoms with Gasteiger partial charge >= 0.3 is 11.9 Å². The molecule has 1 aromatic carbocycles. The van der Waals surface area contributed by atoms with Crippen molar-refractivity contribution in [3.05, 3.63) is 47.3 Å². The molecule has 1 atom stereocenters. The van der Waals surface area contributed by atoms with Gasteiger partial charge in [0.25, 0.3) is 0 Å². The van der Waals surface area contributed by atoms with Crippen molar-refractivity contribution < 1.29 is 19.1 Å². The van der Waals surface area contributed by atoms with Crippen LogP contribution in [0.4, 0.5) is 0 Å². The van der Waals surface area contributed by atoms with E-state index in [-0.39, 0.29) is 6.61 Å². The first-order valence-corrected chi connectivity index (χ1v) is 7.07. The number of ether oxygens (including phenoxy) is 2. The molecule has 0 N–H and O–H groups in total. The maximum absolute atomic E-state index is 12.3. The Hall–Kier alpha value is -2.63. The average molecular weight is 300 g/mol. The summed E-state index contributed by atoms with van der Waals surface area (Å²) in [6, 6.07) is 9.53. The largest absolute Gasteiger partial charge is 0.463 e. The van der Waals surface area contributed by atoms with Crippen molar-refractivity contribution in [3.8, 4) is 5.69 Å². The van der Waals surface area contributed by atoms with Gasteiger partial charge in [-0.25, -0.2) is 14.3 Å². The Morgan fingerprint density at radius 1 is 1.32 bits per heavy atom. The number of benzene rings is 1. The number of esters is 2. The van der Waals surface area contributed by atoms with Gasteiger partial charge < -0.3 is 9.47 Å². The molecule has 0 saturated carbocycles. The summed E-state index contributed by atoms with van der Waals surface area (Å²) in [5, 5.41) is 4.39. The third kappa shape index (κ3) is 2.47. The number of nitrogens with zero attached hydrogens (tertiary/aromatic N) is 2. The van der Waals surface area contributed by atoms with Gasteiger partial charge in [0.15, 0.2) is 0 Å². The number of cyclic esters (lactones) is 1. The second kappa shape index (κ2) is 5.63. The second-order valence-electron chi connectivity index (χ2n) is 5.14. The number of carbonyl (C=O) groups excluding carboxylic acids is 2. The van der Waals surface area contributed by atoms with E-state index in [1.54, 1.807) is 18.5 Å². The van der Waals surface area contributed by atoms with Crippen LogP contribution in [0.25, 0.3) is 5.69 Å². The zero-order valence-electron chi connectivity index (χ0n) is 12.4. The molecule has 0 aliphatic carbocycles. The number of hydrogen-bond donors (Lipinski definition) is 0. The van der Waals surface area contributed by atoms with Gasteiger partial charge in [-0.1, -0.05) is 18.2 Å². The molecule has 0 amide bonds. The van der Waals surface area contributed by atoms with Gasteiger partial charge in [-0.2, -0.15) is 5.10 Å². The smallest absolute Gasteiger partial charge is 0.347 e. The Morgan fingerprint density at radius 2 is 2.05 bits per heavy atom. The van der Waals surface area contributed by atoms with Crippen molar-refractivity contribution in [2.75, 3.05) is 6.61 Å². The minimum absolute atomic E-state index is 0.290. The van der Waals surface area contributed by atoms with Gasteiger partial charge in [0.05, 0.1) is 23.7 Å². The van der Waals surface area contributed by atoms with E-state index in [0.29, 0.717) is 23.4 Å². The summed E-state index contributed by atoms with van der Waals surface area (Å²) in [5.74, 6) is -1.03. The van der Waals surface area contributed by atoms with E-state index in [0.717, 1.165) is 5.69 Å². The number of rotatable bonds is 3. The lowest BCUT2D eigenvalue weighted by molar-refractivity contribution is -0.145. The van der Waals surface area contributed by atoms with Crippen LogP contribution in [0.5, 0.6) is 0 Å². The summed E-state index contributed by atoms with van der Waals surface area (Å²) in [5.41, 5.74) is 2.50. The Kier molecular flexibility index (Phi) is 3.66. The van der Waals surface area contributed by atoms with Crippen molar-refractivity contribution >= 4 is 11.9 Å². The Morgan fingerprint density at radius 3 is 2.68 bits per heavy atom. The predicted octanol–water partition coefficient (Wildman–Crippen LogP) is 1.96. The highest BCUT2D eigenvalue weighted by atomic mass is 16.6. The topological polar surface area (TPSA) is 70.4 Å². The van der Waals surface area contributed by atoms with Gasteiger partial charge in [0, 0.05) is 6.42 Å². The summed E-state index contributed by atoms with van der Waals surface area (Å²) in [7, 11) is 0. The van der Waals surface area contributed by atoms with Crippen molar-refractivity contribution in [3.63, 3.8) is 0 Å².